The van der Waals surface area contributed by atoms with Crippen LogP contribution in [0.25, 0.3) is 10.3 Å². The molecule has 1 heteroatoms. The Morgan fingerprint density at radius 3 is 2.44 bits per heavy atom. The average Bonchev–Trinajstić information content (AvgIpc) is 1.86. The van der Waals surface area contributed by atoms with Gasteiger partial charge >= 0.3 is 63.4 Å². The number of benzene rings is 1. The van der Waals surface area contributed by atoms with Crippen molar-refractivity contribution in [3.63, 3.8) is 0 Å². The van der Waals surface area contributed by atoms with Gasteiger partial charge in [0.1, 0.15) is 0 Å². The second-order valence-electron chi connectivity index (χ2n) is 2.41. The van der Waals surface area contributed by atoms with Crippen LogP contribution >= 0.6 is 0 Å². The quantitative estimate of drug-likeness (QED) is 0.443. The van der Waals surface area contributed by atoms with Crippen molar-refractivity contribution < 1.29 is 0 Å². The molecular weight excluding hydrogens is 103 g/mol. The Labute approximate surface area is 63.8 Å². The molecule has 0 unspecified atom stereocenters. The van der Waals surface area contributed by atoms with Crippen molar-refractivity contribution in [2.24, 2.45) is 0 Å². The SMILES string of the molecule is [Li][C]1=Cc2ccccc21. The number of hydrogen-bond donors (Lipinski definition) is 0. The third-order valence-corrected chi connectivity index (χ3v) is 1.76. The van der Waals surface area contributed by atoms with Gasteiger partial charge in [-0.3, -0.25) is 0 Å². The Morgan fingerprint density at radius 1 is 1.11 bits per heavy atom. The van der Waals surface area contributed by atoms with Gasteiger partial charge in [0.05, 0.1) is 0 Å². The summed E-state index contributed by atoms with van der Waals surface area (Å²) < 4.78 is 1.41. The van der Waals surface area contributed by atoms with E-state index in [-0.39, 0.29) is 0 Å². The first-order chi connectivity index (χ1) is 4.38. The van der Waals surface area contributed by atoms with Crippen LogP contribution in [0.1, 0.15) is 11.1 Å². The summed E-state index contributed by atoms with van der Waals surface area (Å²) in [6.07, 6.45) is 2.20. The molecule has 2 rings (SSSR count). The van der Waals surface area contributed by atoms with E-state index >= 15 is 0 Å². The maximum atomic E-state index is 2.20. The summed E-state index contributed by atoms with van der Waals surface area (Å²) in [7, 11) is 0. The Balaban J connectivity index is 2.61. The maximum absolute atomic E-state index is 2.20. The Kier molecular flexibility index (Phi) is 1.05. The predicted molar refractivity (Wildman–Crippen MR) is 40.1 cm³/mol. The molecule has 0 heterocycles. The van der Waals surface area contributed by atoms with E-state index in [0.717, 1.165) is 0 Å². The molecule has 9 heavy (non-hydrogen) atoms. The van der Waals surface area contributed by atoms with Gasteiger partial charge in [-0.25, -0.2) is 0 Å². The van der Waals surface area contributed by atoms with E-state index in [1.54, 1.807) is 0 Å². The molecule has 1 aliphatic rings. The van der Waals surface area contributed by atoms with Crippen molar-refractivity contribution in [2.45, 2.75) is 0 Å². The summed E-state index contributed by atoms with van der Waals surface area (Å²) >= 11 is 2.14. The van der Waals surface area contributed by atoms with E-state index in [9.17, 15) is 0 Å². The van der Waals surface area contributed by atoms with Crippen LogP contribution < -0.4 is 0 Å². The first kappa shape index (κ1) is 5.35. The van der Waals surface area contributed by atoms with Gasteiger partial charge in [-0.15, -0.1) is 0 Å². The molecular formula is C8H5Li. The fourth-order valence-corrected chi connectivity index (χ4v) is 1.22. The van der Waals surface area contributed by atoms with Crippen LogP contribution in [0, 0.1) is 0 Å². The zero-order chi connectivity index (χ0) is 6.27. The van der Waals surface area contributed by atoms with Crippen molar-refractivity contribution in [1.29, 1.82) is 0 Å². The van der Waals surface area contributed by atoms with E-state index in [1.165, 1.54) is 15.4 Å². The van der Waals surface area contributed by atoms with Crippen LogP contribution in [-0.2, 0) is 0 Å². The Hall–Kier alpha value is -0.443. The Bertz CT molecular complexity index is 274. The summed E-state index contributed by atoms with van der Waals surface area (Å²) in [4.78, 5) is 0. The fraction of sp³-hybridized carbons (Fsp3) is 0. The number of fused-ring (bicyclic) bond motifs is 1. The van der Waals surface area contributed by atoms with Crippen molar-refractivity contribution in [2.75, 3.05) is 0 Å². The number of rotatable bonds is 0. The molecule has 0 aromatic heterocycles. The van der Waals surface area contributed by atoms with Gasteiger partial charge < -0.3 is 0 Å². The average molecular weight is 108 g/mol. The molecule has 0 saturated carbocycles. The Morgan fingerprint density at radius 2 is 1.89 bits per heavy atom. The van der Waals surface area contributed by atoms with Gasteiger partial charge in [-0.2, -0.15) is 0 Å². The topological polar surface area (TPSA) is 0 Å². The van der Waals surface area contributed by atoms with E-state index in [2.05, 4.69) is 48.1 Å². The third kappa shape index (κ3) is 0.678. The summed E-state index contributed by atoms with van der Waals surface area (Å²) in [6, 6.07) is 8.45. The van der Waals surface area contributed by atoms with Crippen molar-refractivity contribution in [3.05, 3.63) is 35.4 Å². The van der Waals surface area contributed by atoms with Gasteiger partial charge in [0.15, 0.2) is 0 Å². The van der Waals surface area contributed by atoms with E-state index in [1.807, 2.05) is 0 Å². The summed E-state index contributed by atoms with van der Waals surface area (Å²) in [5.41, 5.74) is 2.80. The van der Waals surface area contributed by atoms with Crippen LogP contribution in [0.15, 0.2) is 24.3 Å². The van der Waals surface area contributed by atoms with Gasteiger partial charge in [0.25, 0.3) is 0 Å². The molecule has 0 nitrogen and oxygen atoms in total. The van der Waals surface area contributed by atoms with Crippen LogP contribution in [0.4, 0.5) is 0 Å². The molecule has 1 aromatic rings. The van der Waals surface area contributed by atoms with E-state index < -0.39 is 0 Å². The first-order valence-electron chi connectivity index (χ1n) is 3.15. The molecule has 0 N–H and O–H groups in total. The van der Waals surface area contributed by atoms with Crippen molar-refractivity contribution in [3.8, 4) is 0 Å². The monoisotopic (exact) mass is 108 g/mol. The zero-order valence-electron chi connectivity index (χ0n) is 5.39. The number of hydrogen-bond acceptors (Lipinski definition) is 0. The predicted octanol–water partition coefficient (Wildman–Crippen LogP) is 1.67. The van der Waals surface area contributed by atoms with Crippen molar-refractivity contribution in [1.82, 2.24) is 0 Å². The van der Waals surface area contributed by atoms with Crippen LogP contribution in [0.5, 0.6) is 0 Å². The normalized spacial score (nSPS) is 13.8. The molecule has 0 fully saturated rings. The molecule has 0 amide bonds. The first-order valence-corrected chi connectivity index (χ1v) is 3.15. The molecule has 1 aromatic carbocycles. The summed E-state index contributed by atoms with van der Waals surface area (Å²) in [5.74, 6) is 0. The second-order valence-corrected chi connectivity index (χ2v) is 2.41. The standard InChI is InChI=1S/C8H5.Li/c1-2-4-8-6-5-7(8)3-1;/h1-5H;. The molecule has 0 saturated heterocycles. The molecule has 0 atom stereocenters. The molecule has 1 aliphatic carbocycles. The van der Waals surface area contributed by atoms with Gasteiger partial charge in [0, 0.05) is 0 Å². The van der Waals surface area contributed by atoms with Crippen LogP contribution in [-0.4, -0.2) is 17.7 Å². The minimum absolute atomic E-state index is 1.38. The second kappa shape index (κ2) is 1.77. The molecule has 38 valence electrons. The third-order valence-electron chi connectivity index (χ3n) is 1.76. The van der Waals surface area contributed by atoms with E-state index in [0.29, 0.717) is 0 Å². The van der Waals surface area contributed by atoms with Crippen LogP contribution in [0.3, 0.4) is 0 Å². The van der Waals surface area contributed by atoms with E-state index in [4.69, 9.17) is 0 Å². The van der Waals surface area contributed by atoms with Crippen LogP contribution in [0.2, 0.25) is 0 Å². The molecule has 0 spiro atoms. The minimum atomic E-state index is 1.38. The fourth-order valence-electron chi connectivity index (χ4n) is 1.22. The summed E-state index contributed by atoms with van der Waals surface area (Å²) in [6.45, 7) is 0. The van der Waals surface area contributed by atoms with Gasteiger partial charge in [0.2, 0.25) is 0 Å². The van der Waals surface area contributed by atoms with Crippen molar-refractivity contribution >= 4 is 28.0 Å². The molecule has 0 radical (unpaired) electrons. The molecule has 0 bridgehead atoms. The van der Waals surface area contributed by atoms with Gasteiger partial charge in [-0.1, -0.05) is 0 Å². The molecule has 0 aliphatic heterocycles. The zero-order valence-corrected chi connectivity index (χ0v) is 5.39. The van der Waals surface area contributed by atoms with Gasteiger partial charge in [-0.05, 0) is 0 Å². The summed E-state index contributed by atoms with van der Waals surface area (Å²) in [5, 5.41) is 0.